The molecule has 4 nitrogen and oxygen atoms in total. The Labute approximate surface area is 109 Å². The first-order valence-electron chi connectivity index (χ1n) is 6.48. The van der Waals surface area contributed by atoms with Gasteiger partial charge in [-0.25, -0.2) is 13.1 Å². The molecule has 2 N–H and O–H groups in total. The van der Waals surface area contributed by atoms with E-state index in [9.17, 15) is 8.42 Å². The lowest BCUT2D eigenvalue weighted by molar-refractivity contribution is 0.552. The van der Waals surface area contributed by atoms with Crippen molar-refractivity contribution < 1.29 is 8.42 Å². The summed E-state index contributed by atoms with van der Waals surface area (Å²) in [5.74, 6) is 0. The number of hydrogen-bond acceptors (Lipinski definition) is 3. The molecular weight excluding hydrogens is 248 g/mol. The first-order chi connectivity index (χ1) is 8.63. The van der Waals surface area contributed by atoms with Gasteiger partial charge in [-0.1, -0.05) is 25.0 Å². The van der Waals surface area contributed by atoms with Crippen LogP contribution in [0.5, 0.6) is 0 Å². The molecule has 1 saturated carbocycles. The van der Waals surface area contributed by atoms with Crippen LogP contribution in [0.3, 0.4) is 0 Å². The molecule has 0 aliphatic heterocycles. The highest BCUT2D eigenvalue weighted by atomic mass is 32.2. The molecule has 0 bridgehead atoms. The van der Waals surface area contributed by atoms with Gasteiger partial charge in [-0.3, -0.25) is 0 Å². The van der Waals surface area contributed by atoms with E-state index >= 15 is 0 Å². The predicted octanol–water partition coefficient (Wildman–Crippen LogP) is 2.34. The molecule has 0 atom stereocenters. The van der Waals surface area contributed by atoms with E-state index in [-0.39, 0.29) is 6.04 Å². The van der Waals surface area contributed by atoms with E-state index < -0.39 is 10.0 Å². The summed E-state index contributed by atoms with van der Waals surface area (Å²) in [4.78, 5) is 0.346. The minimum atomic E-state index is -3.41. The highest BCUT2D eigenvalue weighted by Gasteiger charge is 2.24. The first-order valence-corrected chi connectivity index (χ1v) is 7.97. The molecule has 0 spiro atoms. The van der Waals surface area contributed by atoms with Gasteiger partial charge in [0.15, 0.2) is 0 Å². The first kappa shape index (κ1) is 13.4. The molecule has 0 saturated heterocycles. The molecule has 0 heterocycles. The fourth-order valence-corrected chi connectivity index (χ4v) is 3.85. The van der Waals surface area contributed by atoms with E-state index in [1.54, 1.807) is 18.2 Å². The van der Waals surface area contributed by atoms with Crippen molar-refractivity contribution in [2.75, 3.05) is 11.9 Å². The molecule has 1 aliphatic rings. The third-order valence-corrected chi connectivity index (χ3v) is 4.80. The summed E-state index contributed by atoms with van der Waals surface area (Å²) in [6, 6.07) is 7.14. The molecule has 1 aromatic rings. The van der Waals surface area contributed by atoms with Gasteiger partial charge in [0.05, 0.1) is 5.69 Å². The molecule has 1 fully saturated rings. The monoisotopic (exact) mass is 268 g/mol. The van der Waals surface area contributed by atoms with E-state index in [0.717, 1.165) is 25.7 Å². The third kappa shape index (κ3) is 3.03. The van der Waals surface area contributed by atoms with E-state index in [2.05, 4.69) is 10.0 Å². The zero-order valence-electron chi connectivity index (χ0n) is 10.6. The molecule has 1 aromatic carbocycles. The number of rotatable bonds is 5. The Kier molecular flexibility index (Phi) is 4.24. The lowest BCUT2D eigenvalue weighted by Crippen LogP contribution is -2.33. The van der Waals surface area contributed by atoms with Crippen molar-refractivity contribution >= 4 is 15.7 Å². The fourth-order valence-electron chi connectivity index (χ4n) is 2.36. The Morgan fingerprint density at radius 3 is 2.56 bits per heavy atom. The average Bonchev–Trinajstić information content (AvgIpc) is 2.82. The minimum absolute atomic E-state index is 0.102. The van der Waals surface area contributed by atoms with Gasteiger partial charge in [-0.05, 0) is 31.9 Å². The average molecular weight is 268 g/mol. The normalized spacial score (nSPS) is 16.9. The van der Waals surface area contributed by atoms with Gasteiger partial charge in [-0.15, -0.1) is 0 Å². The number of nitrogens with one attached hydrogen (secondary N) is 2. The van der Waals surface area contributed by atoms with Crippen LogP contribution < -0.4 is 10.0 Å². The maximum atomic E-state index is 12.3. The number of hydrogen-bond donors (Lipinski definition) is 2. The maximum Gasteiger partial charge on any atom is 0.242 e. The Balaban J connectivity index is 2.22. The van der Waals surface area contributed by atoms with Crippen molar-refractivity contribution in [1.29, 1.82) is 0 Å². The second-order valence-electron chi connectivity index (χ2n) is 4.63. The summed E-state index contributed by atoms with van der Waals surface area (Å²) in [5, 5.41) is 3.09. The number of benzene rings is 1. The second-order valence-corrected chi connectivity index (χ2v) is 6.31. The third-order valence-electron chi connectivity index (χ3n) is 3.22. The van der Waals surface area contributed by atoms with Crippen LogP contribution in [0.25, 0.3) is 0 Å². The van der Waals surface area contributed by atoms with E-state index in [0.29, 0.717) is 17.1 Å². The van der Waals surface area contributed by atoms with Crippen LogP contribution in [0.2, 0.25) is 0 Å². The molecule has 1 aliphatic carbocycles. The standard InChI is InChI=1S/C13H20N2O2S/c1-2-14-12-9-5-6-10-13(12)18(16,17)15-11-7-3-4-8-11/h5-6,9-11,14-15H,2-4,7-8H2,1H3. The molecule has 0 unspecified atom stereocenters. The van der Waals surface area contributed by atoms with E-state index in [4.69, 9.17) is 0 Å². The van der Waals surface area contributed by atoms with Gasteiger partial charge < -0.3 is 5.32 Å². The van der Waals surface area contributed by atoms with Crippen LogP contribution in [0.1, 0.15) is 32.6 Å². The van der Waals surface area contributed by atoms with Crippen molar-refractivity contribution in [2.45, 2.75) is 43.5 Å². The van der Waals surface area contributed by atoms with Crippen LogP contribution in [-0.2, 0) is 10.0 Å². The summed E-state index contributed by atoms with van der Waals surface area (Å²) in [5.41, 5.74) is 0.672. The maximum absolute atomic E-state index is 12.3. The van der Waals surface area contributed by atoms with Gasteiger partial charge in [-0.2, -0.15) is 0 Å². The van der Waals surface area contributed by atoms with Gasteiger partial charge in [0.1, 0.15) is 4.90 Å². The lowest BCUT2D eigenvalue weighted by Gasteiger charge is -2.15. The summed E-state index contributed by atoms with van der Waals surface area (Å²) in [7, 11) is -3.41. The van der Waals surface area contributed by atoms with Crippen molar-refractivity contribution in [2.24, 2.45) is 0 Å². The molecule has 5 heteroatoms. The number of para-hydroxylation sites is 1. The van der Waals surface area contributed by atoms with Crippen LogP contribution >= 0.6 is 0 Å². The molecular formula is C13H20N2O2S. The van der Waals surface area contributed by atoms with Crippen molar-refractivity contribution in [1.82, 2.24) is 4.72 Å². The molecule has 0 amide bonds. The van der Waals surface area contributed by atoms with E-state index in [1.165, 1.54) is 0 Å². The molecule has 2 rings (SSSR count). The summed E-state index contributed by atoms with van der Waals surface area (Å²) < 4.78 is 27.5. The van der Waals surface area contributed by atoms with Crippen LogP contribution in [0, 0.1) is 0 Å². The van der Waals surface area contributed by atoms with Gasteiger partial charge in [0.25, 0.3) is 0 Å². The summed E-state index contributed by atoms with van der Waals surface area (Å²) in [6.07, 6.45) is 4.12. The number of anilines is 1. The van der Waals surface area contributed by atoms with Crippen LogP contribution in [0.15, 0.2) is 29.2 Å². The number of sulfonamides is 1. The smallest absolute Gasteiger partial charge is 0.242 e. The van der Waals surface area contributed by atoms with Crippen molar-refractivity contribution in [3.63, 3.8) is 0 Å². The Morgan fingerprint density at radius 1 is 1.22 bits per heavy atom. The van der Waals surface area contributed by atoms with Gasteiger partial charge in [0.2, 0.25) is 10.0 Å². The lowest BCUT2D eigenvalue weighted by atomic mass is 10.3. The highest BCUT2D eigenvalue weighted by Crippen LogP contribution is 2.24. The quantitative estimate of drug-likeness (QED) is 0.861. The molecule has 0 radical (unpaired) electrons. The Hall–Kier alpha value is -1.07. The van der Waals surface area contributed by atoms with Crippen LogP contribution in [-0.4, -0.2) is 21.0 Å². The topological polar surface area (TPSA) is 58.2 Å². The van der Waals surface area contributed by atoms with Gasteiger partial charge in [0, 0.05) is 12.6 Å². The SMILES string of the molecule is CCNc1ccccc1S(=O)(=O)NC1CCCC1. The highest BCUT2D eigenvalue weighted by molar-refractivity contribution is 7.89. The zero-order valence-corrected chi connectivity index (χ0v) is 11.5. The van der Waals surface area contributed by atoms with Crippen molar-refractivity contribution in [3.05, 3.63) is 24.3 Å². The van der Waals surface area contributed by atoms with Crippen molar-refractivity contribution in [3.8, 4) is 0 Å². The zero-order chi connectivity index (χ0) is 13.0. The molecule has 100 valence electrons. The molecule has 0 aromatic heterocycles. The minimum Gasteiger partial charge on any atom is -0.384 e. The Bertz CT molecular complexity index is 493. The summed E-state index contributed by atoms with van der Waals surface area (Å²) in [6.45, 7) is 2.66. The van der Waals surface area contributed by atoms with Crippen LogP contribution in [0.4, 0.5) is 5.69 Å². The Morgan fingerprint density at radius 2 is 1.89 bits per heavy atom. The van der Waals surface area contributed by atoms with E-state index in [1.807, 2.05) is 13.0 Å². The predicted molar refractivity (Wildman–Crippen MR) is 73.2 cm³/mol. The molecule has 18 heavy (non-hydrogen) atoms. The largest absolute Gasteiger partial charge is 0.384 e. The second kappa shape index (κ2) is 5.71. The summed E-state index contributed by atoms with van der Waals surface area (Å²) >= 11 is 0. The van der Waals surface area contributed by atoms with Gasteiger partial charge >= 0.3 is 0 Å². The fraction of sp³-hybridized carbons (Fsp3) is 0.538.